The molecular weight excluding hydrogens is 236 g/mol. The molecule has 0 atom stereocenters. The average Bonchev–Trinajstić information content (AvgIpc) is 2.32. The molecule has 4 heteroatoms. The minimum atomic E-state index is 0.407. The van der Waals surface area contributed by atoms with Gasteiger partial charge >= 0.3 is 0 Å². The van der Waals surface area contributed by atoms with Gasteiger partial charge in [-0.15, -0.1) is 0 Å². The Balaban J connectivity index is 2.08. The molecule has 0 saturated carbocycles. The molecule has 0 radical (unpaired) electrons. The van der Waals surface area contributed by atoms with Gasteiger partial charge in [-0.2, -0.15) is 0 Å². The first-order valence-electron chi connectivity index (χ1n) is 5.24. The summed E-state index contributed by atoms with van der Waals surface area (Å²) >= 11 is 5.98. The van der Waals surface area contributed by atoms with Crippen molar-refractivity contribution in [3.8, 4) is 5.75 Å². The van der Waals surface area contributed by atoms with Crippen LogP contribution >= 0.6 is 11.6 Å². The minimum Gasteiger partial charge on any atom is -0.489 e. The maximum Gasteiger partial charge on any atom is 0.121 e. The third-order valence-electron chi connectivity index (χ3n) is 2.50. The van der Waals surface area contributed by atoms with Gasteiger partial charge in [-0.1, -0.05) is 17.7 Å². The summed E-state index contributed by atoms with van der Waals surface area (Å²) in [6.07, 6.45) is 3.29. The second-order valence-electron chi connectivity index (χ2n) is 3.77. The molecule has 2 aromatic rings. The highest BCUT2D eigenvalue weighted by Gasteiger charge is 2.02. The molecule has 2 N–H and O–H groups in total. The van der Waals surface area contributed by atoms with Crippen LogP contribution in [-0.4, -0.2) is 4.98 Å². The highest BCUT2D eigenvalue weighted by molar-refractivity contribution is 6.31. The summed E-state index contributed by atoms with van der Waals surface area (Å²) in [6.45, 7) is 2.36. The van der Waals surface area contributed by atoms with Crippen LogP contribution in [0.4, 0.5) is 5.69 Å². The van der Waals surface area contributed by atoms with Crippen LogP contribution in [0.3, 0.4) is 0 Å². The van der Waals surface area contributed by atoms with Crippen LogP contribution in [0, 0.1) is 6.92 Å². The van der Waals surface area contributed by atoms with Crippen molar-refractivity contribution in [1.29, 1.82) is 0 Å². The molecule has 0 unspecified atom stereocenters. The van der Waals surface area contributed by atoms with Crippen molar-refractivity contribution in [3.05, 3.63) is 52.8 Å². The summed E-state index contributed by atoms with van der Waals surface area (Å²) in [5.41, 5.74) is 8.47. The first kappa shape index (κ1) is 11.7. The Morgan fingerprint density at radius 3 is 2.88 bits per heavy atom. The number of benzene rings is 1. The van der Waals surface area contributed by atoms with E-state index in [1.165, 1.54) is 0 Å². The number of aromatic nitrogens is 1. The van der Waals surface area contributed by atoms with Gasteiger partial charge in [0.1, 0.15) is 12.4 Å². The largest absolute Gasteiger partial charge is 0.489 e. The highest BCUT2D eigenvalue weighted by atomic mass is 35.5. The van der Waals surface area contributed by atoms with Gasteiger partial charge in [0.2, 0.25) is 0 Å². The zero-order valence-electron chi connectivity index (χ0n) is 9.48. The lowest BCUT2D eigenvalue weighted by molar-refractivity contribution is 0.306. The number of nitrogens with two attached hydrogens (primary N) is 1. The van der Waals surface area contributed by atoms with E-state index in [9.17, 15) is 0 Å². The Morgan fingerprint density at radius 1 is 1.35 bits per heavy atom. The summed E-state index contributed by atoms with van der Waals surface area (Å²) in [5.74, 6) is 0.737. The molecule has 1 aromatic heterocycles. The van der Waals surface area contributed by atoms with Gasteiger partial charge in [-0.25, -0.2) is 0 Å². The fourth-order valence-electron chi connectivity index (χ4n) is 1.39. The smallest absolute Gasteiger partial charge is 0.121 e. The van der Waals surface area contributed by atoms with E-state index in [-0.39, 0.29) is 0 Å². The van der Waals surface area contributed by atoms with E-state index in [4.69, 9.17) is 22.1 Å². The van der Waals surface area contributed by atoms with Crippen LogP contribution in [0.25, 0.3) is 0 Å². The van der Waals surface area contributed by atoms with Crippen molar-refractivity contribution in [2.75, 3.05) is 5.73 Å². The number of rotatable bonds is 3. The SMILES string of the molecule is Cc1ccc(OCc2ccncc2Cl)cc1N. The second kappa shape index (κ2) is 5.06. The van der Waals surface area contributed by atoms with Gasteiger partial charge in [0.15, 0.2) is 0 Å². The lowest BCUT2D eigenvalue weighted by atomic mass is 10.2. The van der Waals surface area contributed by atoms with Crippen LogP contribution in [0.15, 0.2) is 36.7 Å². The van der Waals surface area contributed by atoms with Crippen molar-refractivity contribution in [3.63, 3.8) is 0 Å². The quantitative estimate of drug-likeness (QED) is 0.849. The summed E-state index contributed by atoms with van der Waals surface area (Å²) in [7, 11) is 0. The summed E-state index contributed by atoms with van der Waals surface area (Å²) in [4.78, 5) is 3.92. The first-order valence-corrected chi connectivity index (χ1v) is 5.62. The van der Waals surface area contributed by atoms with E-state index in [1.54, 1.807) is 12.4 Å². The van der Waals surface area contributed by atoms with Crippen molar-refractivity contribution < 1.29 is 4.74 Å². The zero-order chi connectivity index (χ0) is 12.3. The van der Waals surface area contributed by atoms with Gasteiger partial charge in [0.25, 0.3) is 0 Å². The Bertz CT molecular complexity index is 529. The van der Waals surface area contributed by atoms with E-state index in [0.717, 1.165) is 22.6 Å². The summed E-state index contributed by atoms with van der Waals surface area (Å²) < 4.78 is 5.62. The molecule has 0 aliphatic rings. The summed E-state index contributed by atoms with van der Waals surface area (Å²) in [5, 5.41) is 0.604. The number of anilines is 1. The first-order chi connectivity index (χ1) is 8.16. The molecule has 0 spiro atoms. The van der Waals surface area contributed by atoms with Crippen molar-refractivity contribution >= 4 is 17.3 Å². The van der Waals surface area contributed by atoms with Crippen LogP contribution in [0.1, 0.15) is 11.1 Å². The number of hydrogen-bond donors (Lipinski definition) is 1. The lowest BCUT2D eigenvalue weighted by Gasteiger charge is -2.09. The fraction of sp³-hybridized carbons (Fsp3) is 0.154. The van der Waals surface area contributed by atoms with E-state index >= 15 is 0 Å². The van der Waals surface area contributed by atoms with Gasteiger partial charge in [0.05, 0.1) is 5.02 Å². The average molecular weight is 249 g/mol. The molecule has 1 aromatic carbocycles. The highest BCUT2D eigenvalue weighted by Crippen LogP contribution is 2.21. The third-order valence-corrected chi connectivity index (χ3v) is 2.84. The second-order valence-corrected chi connectivity index (χ2v) is 4.18. The van der Waals surface area contributed by atoms with Gasteiger partial charge < -0.3 is 10.5 Å². The van der Waals surface area contributed by atoms with Gasteiger partial charge in [-0.3, -0.25) is 4.98 Å². The monoisotopic (exact) mass is 248 g/mol. The molecule has 2 rings (SSSR count). The molecule has 1 heterocycles. The normalized spacial score (nSPS) is 10.2. The van der Waals surface area contributed by atoms with Crippen molar-refractivity contribution in [1.82, 2.24) is 4.98 Å². The number of ether oxygens (including phenoxy) is 1. The molecule has 3 nitrogen and oxygen atoms in total. The third kappa shape index (κ3) is 2.88. The van der Waals surface area contributed by atoms with E-state index in [0.29, 0.717) is 11.6 Å². The van der Waals surface area contributed by atoms with E-state index in [2.05, 4.69) is 4.98 Å². The predicted molar refractivity (Wildman–Crippen MR) is 69.2 cm³/mol. The minimum absolute atomic E-state index is 0.407. The van der Waals surface area contributed by atoms with Gasteiger partial charge in [0, 0.05) is 29.7 Å². The number of nitrogens with zero attached hydrogens (tertiary/aromatic N) is 1. The molecule has 0 aliphatic carbocycles. The number of aryl methyl sites for hydroxylation is 1. The Labute approximate surface area is 105 Å². The Hall–Kier alpha value is -1.74. The van der Waals surface area contributed by atoms with Crippen LogP contribution in [0.5, 0.6) is 5.75 Å². The molecule has 0 bridgehead atoms. The van der Waals surface area contributed by atoms with E-state index < -0.39 is 0 Å². The van der Waals surface area contributed by atoms with Crippen LogP contribution in [0.2, 0.25) is 5.02 Å². The van der Waals surface area contributed by atoms with Gasteiger partial charge in [-0.05, 0) is 24.6 Å². The molecule has 17 heavy (non-hydrogen) atoms. The van der Waals surface area contributed by atoms with Crippen LogP contribution < -0.4 is 10.5 Å². The number of hydrogen-bond acceptors (Lipinski definition) is 3. The Morgan fingerprint density at radius 2 is 2.18 bits per heavy atom. The number of nitrogen functional groups attached to an aromatic ring is 1. The molecule has 0 aliphatic heterocycles. The fourth-order valence-corrected chi connectivity index (χ4v) is 1.56. The van der Waals surface area contributed by atoms with Crippen molar-refractivity contribution in [2.45, 2.75) is 13.5 Å². The molecule has 0 saturated heterocycles. The predicted octanol–water partition coefficient (Wildman–Crippen LogP) is 3.20. The van der Waals surface area contributed by atoms with Crippen molar-refractivity contribution in [2.24, 2.45) is 0 Å². The van der Waals surface area contributed by atoms with E-state index in [1.807, 2.05) is 31.2 Å². The Kier molecular flexibility index (Phi) is 3.49. The maximum atomic E-state index is 5.98. The zero-order valence-corrected chi connectivity index (χ0v) is 10.2. The molecule has 88 valence electrons. The standard InChI is InChI=1S/C13H13ClN2O/c1-9-2-3-11(6-13(9)15)17-8-10-4-5-16-7-12(10)14/h2-7H,8,15H2,1H3. The number of halogens is 1. The molecule has 0 fully saturated rings. The molecule has 0 amide bonds. The number of pyridine rings is 1. The topological polar surface area (TPSA) is 48.1 Å². The van der Waals surface area contributed by atoms with Crippen LogP contribution in [-0.2, 0) is 6.61 Å². The maximum absolute atomic E-state index is 5.98. The summed E-state index contributed by atoms with van der Waals surface area (Å²) in [6, 6.07) is 7.46. The lowest BCUT2D eigenvalue weighted by Crippen LogP contribution is -1.98. The molecular formula is C13H13ClN2O.